The van der Waals surface area contributed by atoms with Crippen molar-refractivity contribution in [3.8, 4) is 0 Å². The number of benzene rings is 1. The zero-order chi connectivity index (χ0) is 11.5. The molecule has 2 nitrogen and oxygen atoms in total. The third kappa shape index (κ3) is 2.06. The second-order valence-electron chi connectivity index (χ2n) is 3.43. The molecule has 1 heterocycles. The highest BCUT2D eigenvalue weighted by Crippen LogP contribution is 2.21. The largest absolute Gasteiger partial charge is 0.320 e. The second kappa shape index (κ2) is 4.37. The molecule has 1 atom stereocenters. The van der Waals surface area contributed by atoms with Crippen LogP contribution in [0.2, 0.25) is 0 Å². The van der Waals surface area contributed by atoms with E-state index in [1.807, 2.05) is 0 Å². The third-order valence-electron chi connectivity index (χ3n) is 2.35. The quantitative estimate of drug-likeness (QED) is 0.844. The minimum absolute atomic E-state index is 0.306. The zero-order valence-corrected chi connectivity index (χ0v) is 8.40. The molecule has 0 bridgehead atoms. The predicted octanol–water partition coefficient (Wildman–Crippen LogP) is 2.41. The molecule has 1 aromatic heterocycles. The number of nitrogens with two attached hydrogens (primary N) is 1. The Hall–Kier alpha value is -1.81. The van der Waals surface area contributed by atoms with Gasteiger partial charge in [-0.2, -0.15) is 0 Å². The van der Waals surface area contributed by atoms with Crippen LogP contribution in [0, 0.1) is 11.6 Å². The average molecular weight is 220 g/mol. The molecule has 2 N–H and O–H groups in total. The van der Waals surface area contributed by atoms with E-state index < -0.39 is 11.9 Å². The molecule has 0 amide bonds. The number of rotatable bonds is 2. The minimum Gasteiger partial charge on any atom is -0.320 e. The maximum Gasteiger partial charge on any atom is 0.146 e. The van der Waals surface area contributed by atoms with Crippen LogP contribution in [0.15, 0.2) is 42.7 Å². The lowest BCUT2D eigenvalue weighted by Gasteiger charge is -2.12. The normalized spacial score (nSPS) is 12.4. The molecule has 1 unspecified atom stereocenters. The standard InChI is InChI=1S/C12H10F2N2/c13-9-3-1-2-8(6-9)12(15)10-4-5-16-7-11(10)14/h1-7,12H,15H2. The molecule has 4 heteroatoms. The SMILES string of the molecule is NC(c1cccc(F)c1)c1ccncc1F. The molecule has 0 aliphatic carbocycles. The van der Waals surface area contributed by atoms with Crippen LogP contribution in [0.5, 0.6) is 0 Å². The highest BCUT2D eigenvalue weighted by atomic mass is 19.1. The van der Waals surface area contributed by atoms with E-state index in [1.54, 1.807) is 12.1 Å². The fraction of sp³-hybridized carbons (Fsp3) is 0.0833. The fourth-order valence-electron chi connectivity index (χ4n) is 1.52. The Labute approximate surface area is 91.7 Å². The highest BCUT2D eigenvalue weighted by Gasteiger charge is 2.13. The van der Waals surface area contributed by atoms with Crippen molar-refractivity contribution in [2.75, 3.05) is 0 Å². The molecule has 16 heavy (non-hydrogen) atoms. The molecule has 2 aromatic rings. The maximum atomic E-state index is 13.4. The predicted molar refractivity (Wildman–Crippen MR) is 56.6 cm³/mol. The van der Waals surface area contributed by atoms with Gasteiger partial charge in [0.15, 0.2) is 0 Å². The third-order valence-corrected chi connectivity index (χ3v) is 2.35. The lowest BCUT2D eigenvalue weighted by atomic mass is 10.0. The number of halogens is 2. The first-order chi connectivity index (χ1) is 7.68. The smallest absolute Gasteiger partial charge is 0.146 e. The minimum atomic E-state index is -0.682. The molecule has 0 saturated heterocycles. The first-order valence-corrected chi connectivity index (χ1v) is 4.79. The summed E-state index contributed by atoms with van der Waals surface area (Å²) in [7, 11) is 0. The van der Waals surface area contributed by atoms with Gasteiger partial charge in [0.05, 0.1) is 12.2 Å². The van der Waals surface area contributed by atoms with Crippen molar-refractivity contribution in [3.63, 3.8) is 0 Å². The zero-order valence-electron chi connectivity index (χ0n) is 8.40. The molecule has 0 saturated carbocycles. The van der Waals surface area contributed by atoms with Crippen LogP contribution >= 0.6 is 0 Å². The summed E-state index contributed by atoms with van der Waals surface area (Å²) in [6.07, 6.45) is 2.55. The van der Waals surface area contributed by atoms with Gasteiger partial charge in [0, 0.05) is 11.8 Å². The summed E-state index contributed by atoms with van der Waals surface area (Å²) in [6, 6.07) is 6.63. The summed E-state index contributed by atoms with van der Waals surface area (Å²) in [6.45, 7) is 0. The molecular formula is C12H10F2N2. The Kier molecular flexibility index (Phi) is 2.92. The van der Waals surface area contributed by atoms with Crippen LogP contribution in [-0.4, -0.2) is 4.98 Å². The first-order valence-electron chi connectivity index (χ1n) is 4.79. The van der Waals surface area contributed by atoms with Crippen molar-refractivity contribution in [1.29, 1.82) is 0 Å². The van der Waals surface area contributed by atoms with E-state index >= 15 is 0 Å². The monoisotopic (exact) mass is 220 g/mol. The Bertz CT molecular complexity index is 500. The fourth-order valence-corrected chi connectivity index (χ4v) is 1.52. The Balaban J connectivity index is 2.39. The van der Waals surface area contributed by atoms with Crippen molar-refractivity contribution in [2.24, 2.45) is 5.73 Å². The number of hydrogen-bond acceptors (Lipinski definition) is 2. The molecular weight excluding hydrogens is 210 g/mol. The molecule has 82 valence electrons. The highest BCUT2D eigenvalue weighted by molar-refractivity contribution is 5.30. The van der Waals surface area contributed by atoms with Crippen molar-refractivity contribution in [1.82, 2.24) is 4.98 Å². The Morgan fingerprint density at radius 2 is 2.00 bits per heavy atom. The summed E-state index contributed by atoms with van der Waals surface area (Å²) < 4.78 is 26.4. The van der Waals surface area contributed by atoms with Crippen molar-refractivity contribution in [3.05, 3.63) is 65.5 Å². The molecule has 2 rings (SSSR count). The Morgan fingerprint density at radius 1 is 1.19 bits per heavy atom. The van der Waals surface area contributed by atoms with Crippen LogP contribution in [0.4, 0.5) is 8.78 Å². The maximum absolute atomic E-state index is 13.4. The molecule has 0 aliphatic heterocycles. The molecule has 0 spiro atoms. The summed E-state index contributed by atoms with van der Waals surface area (Å²) in [5.74, 6) is -0.873. The topological polar surface area (TPSA) is 38.9 Å². The van der Waals surface area contributed by atoms with Crippen molar-refractivity contribution in [2.45, 2.75) is 6.04 Å². The van der Waals surface area contributed by atoms with E-state index in [0.29, 0.717) is 11.1 Å². The van der Waals surface area contributed by atoms with E-state index in [-0.39, 0.29) is 5.82 Å². The van der Waals surface area contributed by atoms with Gasteiger partial charge in [0.1, 0.15) is 11.6 Å². The molecule has 0 fully saturated rings. The molecule has 1 aromatic carbocycles. The van der Waals surface area contributed by atoms with Crippen LogP contribution in [-0.2, 0) is 0 Å². The van der Waals surface area contributed by atoms with Gasteiger partial charge in [-0.15, -0.1) is 0 Å². The first kappa shape index (κ1) is 10.7. The van der Waals surface area contributed by atoms with Crippen LogP contribution in [0.1, 0.15) is 17.2 Å². The summed E-state index contributed by atoms with van der Waals surface area (Å²) in [4.78, 5) is 3.63. The lowest BCUT2D eigenvalue weighted by Crippen LogP contribution is -2.13. The van der Waals surface area contributed by atoms with Gasteiger partial charge in [0.2, 0.25) is 0 Å². The van der Waals surface area contributed by atoms with E-state index in [1.165, 1.54) is 24.4 Å². The number of hydrogen-bond donors (Lipinski definition) is 1. The van der Waals surface area contributed by atoms with Gasteiger partial charge in [-0.05, 0) is 23.8 Å². The lowest BCUT2D eigenvalue weighted by molar-refractivity contribution is 0.590. The van der Waals surface area contributed by atoms with E-state index in [0.717, 1.165) is 6.20 Å². The summed E-state index contributed by atoms with van der Waals surface area (Å²) >= 11 is 0. The summed E-state index contributed by atoms with van der Waals surface area (Å²) in [5, 5.41) is 0. The van der Waals surface area contributed by atoms with Gasteiger partial charge in [0.25, 0.3) is 0 Å². The van der Waals surface area contributed by atoms with Gasteiger partial charge in [-0.1, -0.05) is 12.1 Å². The van der Waals surface area contributed by atoms with Crippen LogP contribution in [0.3, 0.4) is 0 Å². The van der Waals surface area contributed by atoms with Gasteiger partial charge < -0.3 is 5.73 Å². The number of pyridine rings is 1. The van der Waals surface area contributed by atoms with Crippen LogP contribution in [0.25, 0.3) is 0 Å². The van der Waals surface area contributed by atoms with E-state index in [4.69, 9.17) is 5.73 Å². The summed E-state index contributed by atoms with van der Waals surface area (Å²) in [5.41, 5.74) is 6.69. The second-order valence-corrected chi connectivity index (χ2v) is 3.43. The van der Waals surface area contributed by atoms with E-state index in [9.17, 15) is 8.78 Å². The number of nitrogens with zero attached hydrogens (tertiary/aromatic N) is 1. The molecule has 0 radical (unpaired) electrons. The average Bonchev–Trinajstić information content (AvgIpc) is 2.29. The van der Waals surface area contributed by atoms with Crippen molar-refractivity contribution >= 4 is 0 Å². The number of aromatic nitrogens is 1. The van der Waals surface area contributed by atoms with Crippen molar-refractivity contribution < 1.29 is 8.78 Å². The van der Waals surface area contributed by atoms with Crippen LogP contribution < -0.4 is 5.73 Å². The van der Waals surface area contributed by atoms with E-state index in [2.05, 4.69) is 4.98 Å². The van der Waals surface area contributed by atoms with Gasteiger partial charge in [-0.25, -0.2) is 8.78 Å². The van der Waals surface area contributed by atoms with Gasteiger partial charge >= 0.3 is 0 Å². The molecule has 0 aliphatic rings. The Morgan fingerprint density at radius 3 is 2.69 bits per heavy atom. The van der Waals surface area contributed by atoms with Gasteiger partial charge in [-0.3, -0.25) is 4.98 Å².